The third kappa shape index (κ3) is 5.57. The lowest BCUT2D eigenvalue weighted by atomic mass is 9.87. The highest BCUT2D eigenvalue weighted by atomic mass is 32.2. The molecule has 0 saturated carbocycles. The van der Waals surface area contributed by atoms with Crippen molar-refractivity contribution < 1.29 is 13.2 Å². The van der Waals surface area contributed by atoms with Crippen LogP contribution in [0.3, 0.4) is 0 Å². The molecule has 0 aliphatic heterocycles. The van der Waals surface area contributed by atoms with Gasteiger partial charge in [0, 0.05) is 25.7 Å². The Morgan fingerprint density at radius 2 is 1.48 bits per heavy atom. The van der Waals surface area contributed by atoms with Crippen LogP contribution in [0.2, 0.25) is 0 Å². The van der Waals surface area contributed by atoms with Crippen LogP contribution in [0.4, 0.5) is 11.4 Å². The van der Waals surface area contributed by atoms with E-state index in [9.17, 15) is 13.2 Å². The van der Waals surface area contributed by atoms with Crippen LogP contribution in [-0.2, 0) is 20.2 Å². The van der Waals surface area contributed by atoms with E-state index in [-0.39, 0.29) is 24.3 Å². The molecule has 27 heavy (non-hydrogen) atoms. The van der Waals surface area contributed by atoms with Crippen molar-refractivity contribution >= 4 is 27.3 Å². The zero-order chi connectivity index (χ0) is 20.2. The Hall–Kier alpha value is -2.34. The topological polar surface area (TPSA) is 57.7 Å². The highest BCUT2D eigenvalue weighted by molar-refractivity contribution is 7.92. The molecule has 1 amide bonds. The summed E-state index contributed by atoms with van der Waals surface area (Å²) in [7, 11) is -1.79. The first-order valence-electron chi connectivity index (χ1n) is 8.90. The number of carbonyl (C=O) groups is 1. The second-order valence-electron chi connectivity index (χ2n) is 7.67. The SMILES string of the molecule is CN(C(=O)CCN(c1ccc(C(C)(C)C)cc1)S(C)(=O)=O)c1ccccc1. The molecule has 0 N–H and O–H groups in total. The highest BCUT2D eigenvalue weighted by Gasteiger charge is 2.21. The number of amides is 1. The van der Waals surface area contributed by atoms with Crippen molar-refractivity contribution in [3.05, 3.63) is 60.2 Å². The summed E-state index contributed by atoms with van der Waals surface area (Å²) in [5.74, 6) is -0.138. The Bertz CT molecular complexity index is 870. The van der Waals surface area contributed by atoms with E-state index in [1.165, 1.54) is 4.31 Å². The van der Waals surface area contributed by atoms with Gasteiger partial charge in [-0.3, -0.25) is 9.10 Å². The van der Waals surface area contributed by atoms with Gasteiger partial charge >= 0.3 is 0 Å². The second-order valence-corrected chi connectivity index (χ2v) is 9.58. The highest BCUT2D eigenvalue weighted by Crippen LogP contribution is 2.26. The van der Waals surface area contributed by atoms with Crippen LogP contribution in [0.5, 0.6) is 0 Å². The van der Waals surface area contributed by atoms with Gasteiger partial charge < -0.3 is 4.90 Å². The number of benzene rings is 2. The van der Waals surface area contributed by atoms with Crippen LogP contribution in [0.15, 0.2) is 54.6 Å². The average Bonchev–Trinajstić information content (AvgIpc) is 2.60. The van der Waals surface area contributed by atoms with Crippen LogP contribution in [-0.4, -0.2) is 34.2 Å². The molecule has 0 heterocycles. The van der Waals surface area contributed by atoms with Gasteiger partial charge in [-0.05, 0) is 35.2 Å². The largest absolute Gasteiger partial charge is 0.315 e. The normalized spacial score (nSPS) is 11.9. The minimum absolute atomic E-state index is 0.0111. The van der Waals surface area contributed by atoms with Gasteiger partial charge in [0.15, 0.2) is 0 Å². The summed E-state index contributed by atoms with van der Waals surface area (Å²) in [5, 5.41) is 0. The molecule has 0 spiro atoms. The van der Waals surface area contributed by atoms with Crippen molar-refractivity contribution in [1.29, 1.82) is 0 Å². The van der Waals surface area contributed by atoms with Crippen LogP contribution in [0, 0.1) is 0 Å². The third-order valence-electron chi connectivity index (χ3n) is 4.47. The second kappa shape index (κ2) is 8.13. The molecule has 6 heteroatoms. The fraction of sp³-hybridized carbons (Fsp3) is 0.381. The fourth-order valence-electron chi connectivity index (χ4n) is 2.77. The smallest absolute Gasteiger partial charge is 0.232 e. The van der Waals surface area contributed by atoms with Crippen LogP contribution < -0.4 is 9.21 Å². The number of hydrogen-bond donors (Lipinski definition) is 0. The molecule has 0 aliphatic carbocycles. The van der Waals surface area contributed by atoms with Crippen molar-refractivity contribution in [3.63, 3.8) is 0 Å². The third-order valence-corrected chi connectivity index (χ3v) is 5.66. The van der Waals surface area contributed by atoms with Gasteiger partial charge in [-0.1, -0.05) is 51.1 Å². The van der Waals surface area contributed by atoms with Gasteiger partial charge in [0.1, 0.15) is 0 Å². The number of anilines is 2. The van der Waals surface area contributed by atoms with E-state index >= 15 is 0 Å². The van der Waals surface area contributed by atoms with E-state index in [0.717, 1.165) is 17.5 Å². The van der Waals surface area contributed by atoms with E-state index in [0.29, 0.717) is 5.69 Å². The lowest BCUT2D eigenvalue weighted by Gasteiger charge is -2.25. The van der Waals surface area contributed by atoms with Gasteiger partial charge in [0.25, 0.3) is 0 Å². The van der Waals surface area contributed by atoms with Crippen LogP contribution in [0.25, 0.3) is 0 Å². The van der Waals surface area contributed by atoms with Gasteiger partial charge in [0.05, 0.1) is 11.9 Å². The Morgan fingerprint density at radius 3 is 1.96 bits per heavy atom. The summed E-state index contributed by atoms with van der Waals surface area (Å²) >= 11 is 0. The molecule has 0 aliphatic rings. The summed E-state index contributed by atoms with van der Waals surface area (Å²) in [6.45, 7) is 6.42. The van der Waals surface area contributed by atoms with Crippen molar-refractivity contribution in [2.24, 2.45) is 0 Å². The number of nitrogens with zero attached hydrogens (tertiary/aromatic N) is 2. The summed E-state index contributed by atoms with van der Waals surface area (Å²) in [6, 6.07) is 16.8. The number of sulfonamides is 1. The van der Waals surface area contributed by atoms with Crippen molar-refractivity contribution in [2.75, 3.05) is 29.1 Å². The molecule has 2 aromatic rings. The molecule has 0 radical (unpaired) electrons. The molecule has 5 nitrogen and oxygen atoms in total. The van der Waals surface area contributed by atoms with Crippen LogP contribution in [0.1, 0.15) is 32.8 Å². The van der Waals surface area contributed by atoms with E-state index in [2.05, 4.69) is 20.8 Å². The van der Waals surface area contributed by atoms with Crippen molar-refractivity contribution in [1.82, 2.24) is 0 Å². The van der Waals surface area contributed by atoms with Gasteiger partial charge in [-0.15, -0.1) is 0 Å². The molecular formula is C21H28N2O3S. The molecule has 0 atom stereocenters. The fourth-order valence-corrected chi connectivity index (χ4v) is 3.70. The molecule has 0 aromatic heterocycles. The quantitative estimate of drug-likeness (QED) is 0.756. The average molecular weight is 389 g/mol. The summed E-state index contributed by atoms with van der Waals surface area (Å²) in [4.78, 5) is 14.0. The number of rotatable bonds is 6. The van der Waals surface area contributed by atoms with E-state index < -0.39 is 10.0 Å². The molecule has 2 aromatic carbocycles. The molecule has 0 unspecified atom stereocenters. The maximum Gasteiger partial charge on any atom is 0.232 e. The van der Waals surface area contributed by atoms with E-state index in [4.69, 9.17) is 0 Å². The first kappa shape index (κ1) is 21.0. The molecule has 2 rings (SSSR count). The summed E-state index contributed by atoms with van der Waals surface area (Å²) in [6.07, 6.45) is 1.26. The number of hydrogen-bond acceptors (Lipinski definition) is 3. The van der Waals surface area contributed by atoms with E-state index in [1.807, 2.05) is 42.5 Å². The summed E-state index contributed by atoms with van der Waals surface area (Å²) < 4.78 is 25.8. The molecule has 0 fully saturated rings. The monoisotopic (exact) mass is 388 g/mol. The first-order valence-corrected chi connectivity index (χ1v) is 10.7. The lowest BCUT2D eigenvalue weighted by molar-refractivity contribution is -0.118. The zero-order valence-corrected chi connectivity index (χ0v) is 17.5. The predicted octanol–water partition coefficient (Wildman–Crippen LogP) is 3.80. The zero-order valence-electron chi connectivity index (χ0n) is 16.6. The van der Waals surface area contributed by atoms with Crippen molar-refractivity contribution in [2.45, 2.75) is 32.6 Å². The minimum Gasteiger partial charge on any atom is -0.315 e. The van der Waals surface area contributed by atoms with Crippen LogP contribution >= 0.6 is 0 Å². The number of carbonyl (C=O) groups excluding carboxylic acids is 1. The molecule has 146 valence electrons. The Morgan fingerprint density at radius 1 is 0.926 bits per heavy atom. The maximum atomic E-state index is 12.5. The Labute approximate surface area is 162 Å². The Kier molecular flexibility index (Phi) is 6.31. The standard InChI is InChI=1S/C21H28N2O3S/c1-21(2,3)17-11-13-19(14-12-17)23(27(5,25)26)16-15-20(24)22(4)18-9-7-6-8-10-18/h6-14H,15-16H2,1-5H3. The summed E-state index contributed by atoms with van der Waals surface area (Å²) in [5.41, 5.74) is 2.46. The van der Waals surface area contributed by atoms with Gasteiger partial charge in [-0.2, -0.15) is 0 Å². The van der Waals surface area contributed by atoms with Gasteiger partial charge in [-0.25, -0.2) is 8.42 Å². The van der Waals surface area contributed by atoms with Gasteiger partial charge in [0.2, 0.25) is 15.9 Å². The minimum atomic E-state index is -3.49. The number of para-hydroxylation sites is 1. The lowest BCUT2D eigenvalue weighted by Crippen LogP contribution is -2.35. The molecular weight excluding hydrogens is 360 g/mol. The van der Waals surface area contributed by atoms with E-state index in [1.54, 1.807) is 24.1 Å². The first-order chi connectivity index (χ1) is 12.5. The molecule has 0 bridgehead atoms. The Balaban J connectivity index is 2.15. The predicted molar refractivity (Wildman–Crippen MR) is 112 cm³/mol. The molecule has 0 saturated heterocycles. The maximum absolute atomic E-state index is 12.5. The van der Waals surface area contributed by atoms with Crippen molar-refractivity contribution in [3.8, 4) is 0 Å².